The van der Waals surface area contributed by atoms with E-state index in [1.165, 1.54) is 35.7 Å². The topological polar surface area (TPSA) is 27.6 Å². The van der Waals surface area contributed by atoms with E-state index in [-0.39, 0.29) is 0 Å². The number of thioether (sulfide) groups is 1. The minimum atomic E-state index is 0.511. The highest BCUT2D eigenvalue weighted by Gasteiger charge is 2.20. The van der Waals surface area contributed by atoms with Gasteiger partial charge in [0.15, 0.2) is 5.17 Å². The Balaban J connectivity index is 1.48. The van der Waals surface area contributed by atoms with Gasteiger partial charge in [0.05, 0.1) is 6.04 Å². The van der Waals surface area contributed by atoms with Gasteiger partial charge in [0, 0.05) is 31.4 Å². The van der Waals surface area contributed by atoms with Crippen LogP contribution in [-0.4, -0.2) is 41.0 Å². The summed E-state index contributed by atoms with van der Waals surface area (Å²) >= 11 is 1.89. The number of likely N-dealkylation sites (tertiary alicyclic amines) is 1. The van der Waals surface area contributed by atoms with Crippen LogP contribution in [0, 0.1) is 0 Å². The summed E-state index contributed by atoms with van der Waals surface area (Å²) in [6, 6.07) is 11.9. The SMILES string of the molecule is CC1CCSC(=NC2CCN(Cc3ccccc3)CC2)N1. The van der Waals surface area contributed by atoms with Crippen LogP contribution < -0.4 is 5.32 Å². The van der Waals surface area contributed by atoms with Crippen LogP contribution >= 0.6 is 11.8 Å². The van der Waals surface area contributed by atoms with Crippen molar-refractivity contribution in [2.75, 3.05) is 18.8 Å². The van der Waals surface area contributed by atoms with Gasteiger partial charge in [-0.3, -0.25) is 9.89 Å². The molecule has 4 heteroatoms. The van der Waals surface area contributed by atoms with E-state index >= 15 is 0 Å². The Labute approximate surface area is 132 Å². The number of hydrogen-bond acceptors (Lipinski definition) is 3. The Morgan fingerprint density at radius 1 is 1.19 bits per heavy atom. The minimum absolute atomic E-state index is 0.511. The van der Waals surface area contributed by atoms with E-state index in [4.69, 9.17) is 4.99 Å². The molecule has 21 heavy (non-hydrogen) atoms. The standard InChI is InChI=1S/C17H25N3S/c1-14-9-12-21-17(18-14)19-16-7-10-20(11-8-16)13-15-5-3-2-4-6-15/h2-6,14,16H,7-13H2,1H3,(H,18,19). The quantitative estimate of drug-likeness (QED) is 0.930. The van der Waals surface area contributed by atoms with E-state index < -0.39 is 0 Å². The van der Waals surface area contributed by atoms with E-state index in [1.54, 1.807) is 0 Å². The normalized spacial score (nSPS) is 26.7. The zero-order chi connectivity index (χ0) is 14.5. The molecule has 1 N–H and O–H groups in total. The van der Waals surface area contributed by atoms with Gasteiger partial charge >= 0.3 is 0 Å². The highest BCUT2D eigenvalue weighted by atomic mass is 32.2. The number of benzene rings is 1. The zero-order valence-electron chi connectivity index (χ0n) is 12.8. The molecule has 0 bridgehead atoms. The Hall–Kier alpha value is -1.00. The third kappa shape index (κ3) is 4.48. The van der Waals surface area contributed by atoms with Crippen molar-refractivity contribution in [3.63, 3.8) is 0 Å². The van der Waals surface area contributed by atoms with E-state index in [0.29, 0.717) is 12.1 Å². The average Bonchev–Trinajstić information content (AvgIpc) is 2.50. The second-order valence-corrected chi connectivity index (χ2v) is 7.19. The highest BCUT2D eigenvalue weighted by Crippen LogP contribution is 2.20. The van der Waals surface area contributed by atoms with Crippen molar-refractivity contribution < 1.29 is 0 Å². The van der Waals surface area contributed by atoms with Crippen LogP contribution in [0.15, 0.2) is 35.3 Å². The number of aliphatic imine (C=N–C) groups is 1. The highest BCUT2D eigenvalue weighted by molar-refractivity contribution is 8.13. The summed E-state index contributed by atoms with van der Waals surface area (Å²) < 4.78 is 0. The van der Waals surface area contributed by atoms with E-state index in [9.17, 15) is 0 Å². The third-order valence-corrected chi connectivity index (χ3v) is 5.20. The van der Waals surface area contributed by atoms with Crippen LogP contribution in [0.25, 0.3) is 0 Å². The Bertz CT molecular complexity index is 466. The van der Waals surface area contributed by atoms with Gasteiger partial charge in [-0.05, 0) is 31.7 Å². The number of amidine groups is 1. The molecule has 2 heterocycles. The molecule has 0 radical (unpaired) electrons. The molecular formula is C17H25N3S. The predicted molar refractivity (Wildman–Crippen MR) is 91.8 cm³/mol. The maximum atomic E-state index is 4.93. The molecule has 2 saturated heterocycles. The molecule has 114 valence electrons. The fraction of sp³-hybridized carbons (Fsp3) is 0.588. The summed E-state index contributed by atoms with van der Waals surface area (Å²) in [5.41, 5.74) is 1.42. The van der Waals surface area contributed by atoms with Crippen molar-refractivity contribution in [1.82, 2.24) is 10.2 Å². The van der Waals surface area contributed by atoms with Gasteiger partial charge in [-0.25, -0.2) is 0 Å². The Kier molecular flexibility index (Phi) is 5.20. The first-order valence-corrected chi connectivity index (χ1v) is 9.01. The molecule has 0 spiro atoms. The molecule has 3 rings (SSSR count). The second kappa shape index (κ2) is 7.32. The fourth-order valence-electron chi connectivity index (χ4n) is 2.95. The number of nitrogens with one attached hydrogen (secondary N) is 1. The lowest BCUT2D eigenvalue weighted by atomic mass is 10.0. The molecule has 2 fully saturated rings. The molecule has 0 amide bonds. The zero-order valence-corrected chi connectivity index (χ0v) is 13.6. The van der Waals surface area contributed by atoms with Gasteiger partial charge in [0.1, 0.15) is 0 Å². The molecule has 1 unspecified atom stereocenters. The maximum Gasteiger partial charge on any atom is 0.157 e. The van der Waals surface area contributed by atoms with Crippen LogP contribution in [0.3, 0.4) is 0 Å². The molecule has 0 saturated carbocycles. The fourth-order valence-corrected chi connectivity index (χ4v) is 4.12. The summed E-state index contributed by atoms with van der Waals surface area (Å²) in [7, 11) is 0. The molecular weight excluding hydrogens is 278 g/mol. The van der Waals surface area contributed by atoms with Crippen molar-refractivity contribution in [2.45, 2.75) is 44.8 Å². The second-order valence-electron chi connectivity index (χ2n) is 6.11. The first-order chi connectivity index (χ1) is 10.3. The minimum Gasteiger partial charge on any atom is -0.362 e. The van der Waals surface area contributed by atoms with E-state index in [2.05, 4.69) is 47.5 Å². The first kappa shape index (κ1) is 14.9. The lowest BCUT2D eigenvalue weighted by molar-refractivity contribution is 0.206. The number of nitrogens with zero attached hydrogens (tertiary/aromatic N) is 2. The van der Waals surface area contributed by atoms with Gasteiger partial charge in [0.2, 0.25) is 0 Å². The van der Waals surface area contributed by atoms with Crippen LogP contribution in [0.4, 0.5) is 0 Å². The first-order valence-electron chi connectivity index (χ1n) is 8.03. The summed E-state index contributed by atoms with van der Waals surface area (Å²) in [5.74, 6) is 1.21. The van der Waals surface area contributed by atoms with Gasteiger partial charge in [0.25, 0.3) is 0 Å². The Morgan fingerprint density at radius 2 is 1.95 bits per heavy atom. The van der Waals surface area contributed by atoms with Gasteiger partial charge in [-0.2, -0.15) is 0 Å². The van der Waals surface area contributed by atoms with Crippen LogP contribution in [0.2, 0.25) is 0 Å². The molecule has 3 nitrogen and oxygen atoms in total. The van der Waals surface area contributed by atoms with Crippen LogP contribution in [-0.2, 0) is 6.54 Å². The lowest BCUT2D eigenvalue weighted by Gasteiger charge is -2.31. The molecule has 2 aliphatic rings. The van der Waals surface area contributed by atoms with Crippen molar-refractivity contribution in [3.8, 4) is 0 Å². The van der Waals surface area contributed by atoms with Crippen molar-refractivity contribution in [2.24, 2.45) is 4.99 Å². The molecule has 1 atom stereocenters. The van der Waals surface area contributed by atoms with Gasteiger partial charge < -0.3 is 5.32 Å². The molecule has 1 aromatic carbocycles. The van der Waals surface area contributed by atoms with Crippen LogP contribution in [0.5, 0.6) is 0 Å². The van der Waals surface area contributed by atoms with Crippen molar-refractivity contribution in [3.05, 3.63) is 35.9 Å². The predicted octanol–water partition coefficient (Wildman–Crippen LogP) is 3.12. The van der Waals surface area contributed by atoms with E-state index in [1.807, 2.05) is 11.8 Å². The molecule has 0 aromatic heterocycles. The van der Waals surface area contributed by atoms with Crippen molar-refractivity contribution in [1.29, 1.82) is 0 Å². The Morgan fingerprint density at radius 3 is 2.67 bits per heavy atom. The third-order valence-electron chi connectivity index (χ3n) is 4.27. The van der Waals surface area contributed by atoms with Crippen LogP contribution in [0.1, 0.15) is 31.7 Å². The molecule has 2 aliphatic heterocycles. The summed E-state index contributed by atoms with van der Waals surface area (Å²) in [6.45, 7) is 5.65. The van der Waals surface area contributed by atoms with E-state index in [0.717, 1.165) is 19.6 Å². The number of piperidine rings is 1. The summed E-state index contributed by atoms with van der Waals surface area (Å²) in [4.78, 5) is 7.48. The number of hydrogen-bond donors (Lipinski definition) is 1. The largest absolute Gasteiger partial charge is 0.362 e. The summed E-state index contributed by atoms with van der Waals surface area (Å²) in [5, 5.41) is 4.69. The van der Waals surface area contributed by atoms with Gasteiger partial charge in [-0.1, -0.05) is 42.1 Å². The molecule has 1 aromatic rings. The summed E-state index contributed by atoms with van der Waals surface area (Å²) in [6.07, 6.45) is 3.62. The smallest absolute Gasteiger partial charge is 0.157 e. The number of rotatable bonds is 3. The van der Waals surface area contributed by atoms with Gasteiger partial charge in [-0.15, -0.1) is 0 Å². The molecule has 0 aliphatic carbocycles. The van der Waals surface area contributed by atoms with Crippen molar-refractivity contribution >= 4 is 16.9 Å². The lowest BCUT2D eigenvalue weighted by Crippen LogP contribution is -2.38. The maximum absolute atomic E-state index is 4.93. The monoisotopic (exact) mass is 303 g/mol. The average molecular weight is 303 g/mol.